The molecule has 1 aliphatic rings. The molecule has 0 bridgehead atoms. The Hall–Kier alpha value is -2.33. The molecule has 2 unspecified atom stereocenters. The van der Waals surface area contributed by atoms with E-state index >= 15 is 0 Å². The predicted molar refractivity (Wildman–Crippen MR) is 99.0 cm³/mol. The number of hydrogen-bond donors (Lipinski definition) is 0. The van der Waals surface area contributed by atoms with E-state index < -0.39 is 0 Å². The third-order valence-electron chi connectivity index (χ3n) is 4.52. The van der Waals surface area contributed by atoms with Crippen LogP contribution in [-0.2, 0) is 16.2 Å². The van der Waals surface area contributed by atoms with Crippen LogP contribution in [0, 0.1) is 13.8 Å². The molecule has 2 aromatic carbocycles. The van der Waals surface area contributed by atoms with Crippen LogP contribution in [0.1, 0.15) is 41.7 Å². The Morgan fingerprint density at radius 3 is 2.68 bits per heavy atom. The summed E-state index contributed by atoms with van der Waals surface area (Å²) < 4.78 is 11.8. The summed E-state index contributed by atoms with van der Waals surface area (Å²) in [6.45, 7) is 6.60. The van der Waals surface area contributed by atoms with Gasteiger partial charge in [0.25, 0.3) is 0 Å². The minimum atomic E-state index is -0.167. The fourth-order valence-corrected chi connectivity index (χ4v) is 3.13. The van der Waals surface area contributed by atoms with Crippen LogP contribution in [0.4, 0.5) is 0 Å². The number of methoxy groups -OCH3 is 1. The standard InChI is InChI=1S/C21H25NO3/c1-14-9-10-15(2)19(11-14)24-13-17-7-5-6-8-18(17)21(23-4)20-12-16(3)22-25-20/h5-11,20-21H,12-13H2,1-4H3. The van der Waals surface area contributed by atoms with E-state index in [1.165, 1.54) is 5.56 Å². The zero-order valence-corrected chi connectivity index (χ0v) is 15.3. The molecule has 3 rings (SSSR count). The SMILES string of the molecule is COC(c1ccccc1COc1cc(C)ccc1C)C1CC(C)=NO1. The van der Waals surface area contributed by atoms with Crippen LogP contribution in [0.25, 0.3) is 0 Å². The number of ether oxygens (including phenoxy) is 2. The highest BCUT2D eigenvalue weighted by Gasteiger charge is 2.31. The quantitative estimate of drug-likeness (QED) is 0.763. The molecule has 4 nitrogen and oxygen atoms in total. The molecule has 2 aromatic rings. The van der Waals surface area contributed by atoms with E-state index in [4.69, 9.17) is 14.3 Å². The maximum Gasteiger partial charge on any atom is 0.163 e. The summed E-state index contributed by atoms with van der Waals surface area (Å²) in [6, 6.07) is 14.4. The molecule has 0 radical (unpaired) electrons. The van der Waals surface area contributed by atoms with Gasteiger partial charge in [0.2, 0.25) is 0 Å². The van der Waals surface area contributed by atoms with Gasteiger partial charge in [-0.3, -0.25) is 0 Å². The number of benzene rings is 2. The minimum absolute atomic E-state index is 0.0909. The number of hydrogen-bond acceptors (Lipinski definition) is 4. The largest absolute Gasteiger partial charge is 0.489 e. The van der Waals surface area contributed by atoms with Gasteiger partial charge in [0.05, 0.1) is 5.71 Å². The van der Waals surface area contributed by atoms with Gasteiger partial charge in [-0.2, -0.15) is 0 Å². The first-order valence-corrected chi connectivity index (χ1v) is 8.58. The van der Waals surface area contributed by atoms with Crippen molar-refractivity contribution < 1.29 is 14.3 Å². The van der Waals surface area contributed by atoms with Crippen LogP contribution in [-0.4, -0.2) is 18.9 Å². The van der Waals surface area contributed by atoms with Gasteiger partial charge >= 0.3 is 0 Å². The molecule has 0 amide bonds. The van der Waals surface area contributed by atoms with E-state index in [9.17, 15) is 0 Å². The molecular weight excluding hydrogens is 314 g/mol. The second-order valence-corrected chi connectivity index (χ2v) is 6.59. The van der Waals surface area contributed by atoms with Crippen molar-refractivity contribution in [1.82, 2.24) is 0 Å². The lowest BCUT2D eigenvalue weighted by Gasteiger charge is -2.23. The highest BCUT2D eigenvalue weighted by Crippen LogP contribution is 2.31. The Balaban J connectivity index is 1.79. The second-order valence-electron chi connectivity index (χ2n) is 6.59. The summed E-state index contributed by atoms with van der Waals surface area (Å²) >= 11 is 0. The second kappa shape index (κ2) is 7.70. The van der Waals surface area contributed by atoms with Gasteiger partial charge in [0.1, 0.15) is 18.5 Å². The highest BCUT2D eigenvalue weighted by atomic mass is 16.7. The van der Waals surface area contributed by atoms with Gasteiger partial charge in [-0.25, -0.2) is 0 Å². The van der Waals surface area contributed by atoms with Gasteiger partial charge in [0.15, 0.2) is 6.10 Å². The first kappa shape index (κ1) is 17.5. The van der Waals surface area contributed by atoms with Crippen LogP contribution >= 0.6 is 0 Å². The van der Waals surface area contributed by atoms with Gasteiger partial charge in [-0.05, 0) is 49.1 Å². The van der Waals surface area contributed by atoms with Gasteiger partial charge in [-0.15, -0.1) is 0 Å². The Morgan fingerprint density at radius 1 is 1.16 bits per heavy atom. The summed E-state index contributed by atoms with van der Waals surface area (Å²) in [6.07, 6.45) is 0.525. The molecule has 0 aliphatic carbocycles. The van der Waals surface area contributed by atoms with E-state index in [0.717, 1.165) is 34.6 Å². The molecule has 1 heterocycles. The van der Waals surface area contributed by atoms with Crippen molar-refractivity contribution in [2.75, 3.05) is 7.11 Å². The molecule has 0 saturated carbocycles. The first-order valence-electron chi connectivity index (χ1n) is 8.58. The van der Waals surface area contributed by atoms with Crippen molar-refractivity contribution in [3.8, 4) is 5.75 Å². The van der Waals surface area contributed by atoms with E-state index in [1.54, 1.807) is 7.11 Å². The molecule has 0 spiro atoms. The lowest BCUT2D eigenvalue weighted by molar-refractivity contribution is -0.0419. The van der Waals surface area contributed by atoms with Crippen molar-refractivity contribution in [2.45, 2.75) is 46.0 Å². The molecular formula is C21H25NO3. The predicted octanol–water partition coefficient (Wildman–Crippen LogP) is 4.73. The Kier molecular flexibility index (Phi) is 5.39. The van der Waals surface area contributed by atoms with Crippen LogP contribution in [0.2, 0.25) is 0 Å². The zero-order chi connectivity index (χ0) is 17.8. The maximum atomic E-state index is 6.10. The molecule has 1 aliphatic heterocycles. The van der Waals surface area contributed by atoms with Crippen molar-refractivity contribution >= 4 is 5.71 Å². The Labute approximate surface area is 149 Å². The van der Waals surface area contributed by atoms with E-state index in [1.807, 2.05) is 19.1 Å². The van der Waals surface area contributed by atoms with Crippen LogP contribution in [0.5, 0.6) is 5.75 Å². The number of oxime groups is 1. The van der Waals surface area contributed by atoms with E-state index in [2.05, 4.69) is 49.3 Å². The van der Waals surface area contributed by atoms with E-state index in [0.29, 0.717) is 6.61 Å². The van der Waals surface area contributed by atoms with Crippen LogP contribution in [0.15, 0.2) is 47.6 Å². The van der Waals surface area contributed by atoms with Gasteiger partial charge in [0, 0.05) is 13.5 Å². The molecule has 0 N–H and O–H groups in total. The lowest BCUT2D eigenvalue weighted by atomic mass is 9.96. The fourth-order valence-electron chi connectivity index (χ4n) is 3.13. The normalized spacial score (nSPS) is 17.8. The maximum absolute atomic E-state index is 6.10. The zero-order valence-electron chi connectivity index (χ0n) is 15.3. The van der Waals surface area contributed by atoms with E-state index in [-0.39, 0.29) is 12.2 Å². The van der Waals surface area contributed by atoms with Crippen molar-refractivity contribution in [1.29, 1.82) is 0 Å². The number of aryl methyl sites for hydroxylation is 2. The monoisotopic (exact) mass is 339 g/mol. The topological polar surface area (TPSA) is 40.0 Å². The highest BCUT2D eigenvalue weighted by molar-refractivity contribution is 5.82. The molecule has 0 saturated heterocycles. The van der Waals surface area contributed by atoms with Gasteiger partial charge in [-0.1, -0.05) is 41.6 Å². The van der Waals surface area contributed by atoms with Crippen LogP contribution < -0.4 is 4.74 Å². The lowest BCUT2D eigenvalue weighted by Crippen LogP contribution is -2.22. The molecule has 0 aromatic heterocycles. The van der Waals surface area contributed by atoms with Crippen molar-refractivity contribution in [3.63, 3.8) is 0 Å². The molecule has 4 heteroatoms. The van der Waals surface area contributed by atoms with Crippen molar-refractivity contribution in [2.24, 2.45) is 5.16 Å². The smallest absolute Gasteiger partial charge is 0.163 e. The Bertz CT molecular complexity index is 769. The minimum Gasteiger partial charge on any atom is -0.489 e. The fraction of sp³-hybridized carbons (Fsp3) is 0.381. The molecule has 2 atom stereocenters. The summed E-state index contributed by atoms with van der Waals surface area (Å²) in [5.41, 5.74) is 5.51. The Morgan fingerprint density at radius 2 is 1.96 bits per heavy atom. The molecule has 25 heavy (non-hydrogen) atoms. The first-order chi connectivity index (χ1) is 12.1. The summed E-state index contributed by atoms with van der Waals surface area (Å²) in [7, 11) is 1.71. The third-order valence-corrected chi connectivity index (χ3v) is 4.52. The summed E-state index contributed by atoms with van der Waals surface area (Å²) in [5, 5.41) is 4.06. The third kappa shape index (κ3) is 4.02. The summed E-state index contributed by atoms with van der Waals surface area (Å²) in [5.74, 6) is 0.917. The molecule has 132 valence electrons. The average molecular weight is 339 g/mol. The number of rotatable bonds is 6. The van der Waals surface area contributed by atoms with Crippen LogP contribution in [0.3, 0.4) is 0 Å². The summed E-state index contributed by atoms with van der Waals surface area (Å²) in [4.78, 5) is 5.55. The van der Waals surface area contributed by atoms with Crippen molar-refractivity contribution in [3.05, 3.63) is 64.7 Å². The average Bonchev–Trinajstić information content (AvgIpc) is 3.03. The number of nitrogens with zero attached hydrogens (tertiary/aromatic N) is 1. The molecule has 0 fully saturated rings. The van der Waals surface area contributed by atoms with Gasteiger partial charge < -0.3 is 14.3 Å².